The van der Waals surface area contributed by atoms with Gasteiger partial charge in [0.2, 0.25) is 17.5 Å². The second kappa shape index (κ2) is 8.57. The van der Waals surface area contributed by atoms with Crippen molar-refractivity contribution in [1.82, 2.24) is 0 Å². The summed E-state index contributed by atoms with van der Waals surface area (Å²) in [4.78, 5) is 13.0. The molecule has 0 amide bonds. The summed E-state index contributed by atoms with van der Waals surface area (Å²) in [6, 6.07) is 4.33. The van der Waals surface area contributed by atoms with Crippen LogP contribution < -0.4 is 14.9 Å². The molecule has 182 valence electrons. The van der Waals surface area contributed by atoms with Crippen molar-refractivity contribution in [2.24, 2.45) is 0 Å². The molecular weight excluding hydrogens is 456 g/mol. The maximum atomic E-state index is 13.0. The first-order chi connectivity index (χ1) is 16.0. The van der Waals surface area contributed by atoms with Crippen LogP contribution in [-0.2, 0) is 4.74 Å². The molecule has 1 aromatic heterocycles. The second-order valence-corrected chi connectivity index (χ2v) is 7.77. The fourth-order valence-corrected chi connectivity index (χ4v) is 3.68. The van der Waals surface area contributed by atoms with Crippen LogP contribution in [0.2, 0.25) is 0 Å². The Kier molecular flexibility index (Phi) is 5.91. The summed E-state index contributed by atoms with van der Waals surface area (Å²) in [5.41, 5.74) is -0.996. The number of methoxy groups -OCH3 is 1. The van der Waals surface area contributed by atoms with Crippen LogP contribution in [0.15, 0.2) is 33.5 Å². The van der Waals surface area contributed by atoms with Crippen molar-refractivity contribution in [3.05, 3.63) is 34.5 Å². The number of hydrogen-bond acceptors (Lipinski definition) is 12. The van der Waals surface area contributed by atoms with Crippen molar-refractivity contribution in [1.29, 1.82) is 0 Å². The van der Waals surface area contributed by atoms with E-state index in [-0.39, 0.29) is 33.8 Å². The maximum absolute atomic E-state index is 13.0. The summed E-state index contributed by atoms with van der Waals surface area (Å²) in [6.07, 6.45) is -6.80. The minimum atomic E-state index is -1.62. The lowest BCUT2D eigenvalue weighted by atomic mass is 10.00. The smallest absolute Gasteiger partial charge is 0.239 e. The second-order valence-electron chi connectivity index (χ2n) is 7.77. The SMILES string of the molecule is COc1c(-c2cc(O)c(O)c(O)c2)oc2cc(OC3OC(C)C(O)C(O)C3O)cc(O)c2c1=O. The van der Waals surface area contributed by atoms with E-state index >= 15 is 0 Å². The first-order valence-electron chi connectivity index (χ1n) is 10.0. The van der Waals surface area contributed by atoms with Crippen LogP contribution in [0.5, 0.6) is 34.5 Å². The molecule has 5 unspecified atom stereocenters. The maximum Gasteiger partial charge on any atom is 0.239 e. The summed E-state index contributed by atoms with van der Waals surface area (Å²) in [6.45, 7) is 1.47. The van der Waals surface area contributed by atoms with Gasteiger partial charge in [0.15, 0.2) is 23.0 Å². The average Bonchev–Trinajstić information content (AvgIpc) is 2.78. The third-order valence-corrected chi connectivity index (χ3v) is 5.50. The van der Waals surface area contributed by atoms with E-state index in [4.69, 9.17) is 18.6 Å². The molecular formula is C22H22O12. The molecule has 12 heteroatoms. The van der Waals surface area contributed by atoms with Gasteiger partial charge >= 0.3 is 0 Å². The van der Waals surface area contributed by atoms with Gasteiger partial charge in [0, 0.05) is 17.7 Å². The molecule has 0 radical (unpaired) electrons. The number of hydrogen-bond donors (Lipinski definition) is 7. The normalized spacial score (nSPS) is 24.8. The molecule has 0 aliphatic carbocycles. The molecule has 0 bridgehead atoms. The van der Waals surface area contributed by atoms with E-state index in [1.807, 2.05) is 0 Å². The monoisotopic (exact) mass is 478 g/mol. The molecule has 1 aliphatic rings. The minimum absolute atomic E-state index is 0.0218. The highest BCUT2D eigenvalue weighted by Gasteiger charge is 2.43. The van der Waals surface area contributed by atoms with Gasteiger partial charge in [-0.3, -0.25) is 4.79 Å². The zero-order valence-electron chi connectivity index (χ0n) is 17.9. The van der Waals surface area contributed by atoms with Gasteiger partial charge in [-0.25, -0.2) is 0 Å². The van der Waals surface area contributed by atoms with Crippen LogP contribution in [0.1, 0.15) is 6.92 Å². The zero-order chi connectivity index (χ0) is 24.9. The molecule has 2 heterocycles. The van der Waals surface area contributed by atoms with Gasteiger partial charge in [0.05, 0.1) is 13.2 Å². The third kappa shape index (κ3) is 3.82. The highest BCUT2D eigenvalue weighted by atomic mass is 16.7. The summed E-state index contributed by atoms with van der Waals surface area (Å²) >= 11 is 0. The van der Waals surface area contributed by atoms with E-state index in [0.29, 0.717) is 0 Å². The van der Waals surface area contributed by atoms with Crippen molar-refractivity contribution >= 4 is 11.0 Å². The van der Waals surface area contributed by atoms with E-state index in [2.05, 4.69) is 0 Å². The Labute approximate surface area is 191 Å². The van der Waals surface area contributed by atoms with Gasteiger partial charge in [0.25, 0.3) is 0 Å². The molecule has 1 aliphatic heterocycles. The lowest BCUT2D eigenvalue weighted by Crippen LogP contribution is -2.58. The number of phenolic OH excluding ortho intramolecular Hbond substituents is 4. The number of phenols is 4. The molecule has 7 N–H and O–H groups in total. The van der Waals surface area contributed by atoms with Crippen molar-refractivity contribution in [2.75, 3.05) is 7.11 Å². The molecule has 0 spiro atoms. The Hall–Kier alpha value is -3.71. The van der Waals surface area contributed by atoms with E-state index in [9.17, 15) is 40.5 Å². The van der Waals surface area contributed by atoms with Gasteiger partial charge < -0.3 is 54.4 Å². The Balaban J connectivity index is 1.82. The number of rotatable bonds is 4. The standard InChI is InChI=1S/C22H22O12/c1-7-15(26)18(29)19(30)22(32-7)33-9-5-10(23)14-13(6-9)34-20(21(31-2)17(14)28)8-3-11(24)16(27)12(25)4-8/h3-7,15,18-19,22-27,29-30H,1-2H3. The molecule has 1 fully saturated rings. The van der Waals surface area contributed by atoms with Crippen molar-refractivity contribution in [3.63, 3.8) is 0 Å². The van der Waals surface area contributed by atoms with Crippen molar-refractivity contribution in [3.8, 4) is 45.8 Å². The highest BCUT2D eigenvalue weighted by Crippen LogP contribution is 2.42. The minimum Gasteiger partial charge on any atom is -0.507 e. The van der Waals surface area contributed by atoms with Gasteiger partial charge in [-0.05, 0) is 19.1 Å². The molecule has 2 aromatic carbocycles. The van der Waals surface area contributed by atoms with Gasteiger partial charge in [-0.2, -0.15) is 0 Å². The molecule has 34 heavy (non-hydrogen) atoms. The van der Waals surface area contributed by atoms with Gasteiger partial charge in [-0.15, -0.1) is 0 Å². The highest BCUT2D eigenvalue weighted by molar-refractivity contribution is 5.88. The van der Waals surface area contributed by atoms with Crippen LogP contribution in [0.3, 0.4) is 0 Å². The van der Waals surface area contributed by atoms with Crippen LogP contribution in [0.4, 0.5) is 0 Å². The first-order valence-corrected chi connectivity index (χ1v) is 10.0. The topological polar surface area (TPSA) is 200 Å². The summed E-state index contributed by atoms with van der Waals surface area (Å²) in [5, 5.41) is 69.4. The number of benzene rings is 2. The summed E-state index contributed by atoms with van der Waals surface area (Å²) < 4.78 is 21.8. The van der Waals surface area contributed by atoms with Crippen LogP contribution >= 0.6 is 0 Å². The average molecular weight is 478 g/mol. The molecule has 5 atom stereocenters. The summed E-state index contributed by atoms with van der Waals surface area (Å²) in [5.74, 6) is -3.38. The zero-order valence-corrected chi connectivity index (χ0v) is 17.9. The van der Waals surface area contributed by atoms with Crippen molar-refractivity contribution < 1.29 is 54.4 Å². The van der Waals surface area contributed by atoms with E-state index in [1.54, 1.807) is 0 Å². The molecule has 1 saturated heterocycles. The molecule has 0 saturated carbocycles. The molecule has 4 rings (SSSR count). The predicted molar refractivity (Wildman–Crippen MR) is 114 cm³/mol. The Morgan fingerprint density at radius 3 is 2.15 bits per heavy atom. The van der Waals surface area contributed by atoms with Gasteiger partial charge in [-0.1, -0.05) is 0 Å². The van der Waals surface area contributed by atoms with Gasteiger partial charge in [0.1, 0.15) is 40.8 Å². The lowest BCUT2D eigenvalue weighted by Gasteiger charge is -2.38. The first kappa shape index (κ1) is 23.4. The van der Waals surface area contributed by atoms with E-state index < -0.39 is 59.1 Å². The van der Waals surface area contributed by atoms with Crippen LogP contribution in [-0.4, -0.2) is 73.6 Å². The van der Waals surface area contributed by atoms with E-state index in [1.165, 1.54) is 20.1 Å². The number of aromatic hydroxyl groups is 4. The third-order valence-electron chi connectivity index (χ3n) is 5.50. The lowest BCUT2D eigenvalue weighted by molar-refractivity contribution is -0.268. The quantitative estimate of drug-likeness (QED) is 0.257. The Bertz CT molecular complexity index is 1280. The number of aliphatic hydroxyl groups is 3. The number of fused-ring (bicyclic) bond motifs is 1. The van der Waals surface area contributed by atoms with Crippen LogP contribution in [0.25, 0.3) is 22.3 Å². The molecule has 3 aromatic rings. The van der Waals surface area contributed by atoms with E-state index in [0.717, 1.165) is 18.2 Å². The predicted octanol–water partition coefficient (Wildman–Crippen LogP) is 0.497. The summed E-state index contributed by atoms with van der Waals surface area (Å²) in [7, 11) is 1.18. The Morgan fingerprint density at radius 2 is 1.53 bits per heavy atom. The van der Waals surface area contributed by atoms with Crippen molar-refractivity contribution in [2.45, 2.75) is 37.6 Å². The van der Waals surface area contributed by atoms with Crippen LogP contribution in [0, 0.1) is 0 Å². The largest absolute Gasteiger partial charge is 0.507 e. The number of aliphatic hydroxyl groups excluding tert-OH is 3. The number of ether oxygens (including phenoxy) is 3. The fourth-order valence-electron chi connectivity index (χ4n) is 3.68. The fraction of sp³-hybridized carbons (Fsp3) is 0.318. The molecule has 12 nitrogen and oxygen atoms in total. The Morgan fingerprint density at radius 1 is 0.882 bits per heavy atom.